The van der Waals surface area contributed by atoms with E-state index >= 15 is 0 Å². The molecular weight excluding hydrogens is 236 g/mol. The number of aliphatic imine (C=N–C) groups is 1. The normalized spacial score (nSPS) is 34.6. The van der Waals surface area contributed by atoms with Crippen LogP contribution in [-0.2, 0) is 0 Å². The minimum atomic E-state index is 0.493. The highest BCUT2D eigenvalue weighted by Gasteiger charge is 2.35. The molecule has 0 aromatic carbocycles. The number of rotatable bonds is 1. The van der Waals surface area contributed by atoms with Gasteiger partial charge >= 0.3 is 0 Å². The lowest BCUT2D eigenvalue weighted by Crippen LogP contribution is -2.44. The fourth-order valence-electron chi connectivity index (χ4n) is 4.00. The fraction of sp³-hybridized carbons (Fsp3) is 0.933. The van der Waals surface area contributed by atoms with Crippen molar-refractivity contribution in [1.29, 1.82) is 0 Å². The van der Waals surface area contributed by atoms with Gasteiger partial charge in [-0.1, -0.05) is 19.3 Å². The molecule has 4 heteroatoms. The van der Waals surface area contributed by atoms with Gasteiger partial charge in [0.05, 0.1) is 6.04 Å². The van der Waals surface area contributed by atoms with Crippen molar-refractivity contribution < 1.29 is 0 Å². The molecule has 3 fully saturated rings. The highest BCUT2D eigenvalue weighted by atomic mass is 15.3. The molecule has 0 amide bonds. The first-order valence-electron chi connectivity index (χ1n) is 8.04. The molecule has 1 saturated carbocycles. The Morgan fingerprint density at radius 3 is 2.53 bits per heavy atom. The van der Waals surface area contributed by atoms with Gasteiger partial charge < -0.3 is 10.6 Å². The van der Waals surface area contributed by atoms with Gasteiger partial charge in [0.2, 0.25) is 0 Å². The summed E-state index contributed by atoms with van der Waals surface area (Å²) in [6.07, 6.45) is 10.5. The number of hydrogen-bond donors (Lipinski definition) is 1. The molecule has 3 aliphatic rings. The van der Waals surface area contributed by atoms with Gasteiger partial charge in [0.25, 0.3) is 0 Å². The zero-order valence-corrected chi connectivity index (χ0v) is 12.2. The third-order valence-corrected chi connectivity index (χ3v) is 5.36. The van der Waals surface area contributed by atoms with Gasteiger partial charge in [0, 0.05) is 25.2 Å². The quantitative estimate of drug-likeness (QED) is 0.580. The zero-order valence-electron chi connectivity index (χ0n) is 12.2. The Labute approximate surface area is 117 Å². The van der Waals surface area contributed by atoms with Crippen LogP contribution in [0.15, 0.2) is 4.99 Å². The van der Waals surface area contributed by atoms with Crippen LogP contribution in [0.1, 0.15) is 51.4 Å². The Morgan fingerprint density at radius 1 is 1.00 bits per heavy atom. The summed E-state index contributed by atoms with van der Waals surface area (Å²) >= 11 is 0. The molecule has 0 aromatic rings. The average molecular weight is 264 g/mol. The van der Waals surface area contributed by atoms with Crippen molar-refractivity contribution in [1.82, 2.24) is 9.80 Å². The molecule has 19 heavy (non-hydrogen) atoms. The third-order valence-electron chi connectivity index (χ3n) is 5.36. The van der Waals surface area contributed by atoms with Crippen molar-refractivity contribution in [3.05, 3.63) is 0 Å². The molecule has 108 valence electrons. The Hall–Kier alpha value is -0.770. The standard InChI is InChI=1S/C15H28N4/c1-18-13-7-8-14(18)11-19(10-9-13)15(16)17-12-5-3-2-4-6-12/h12-14H,2-11H2,1H3,(H2,16,17). The van der Waals surface area contributed by atoms with Crippen LogP contribution in [0.25, 0.3) is 0 Å². The minimum Gasteiger partial charge on any atom is -0.370 e. The minimum absolute atomic E-state index is 0.493. The zero-order chi connectivity index (χ0) is 13.2. The topological polar surface area (TPSA) is 44.9 Å². The van der Waals surface area contributed by atoms with Crippen LogP contribution in [0.3, 0.4) is 0 Å². The molecule has 0 spiro atoms. The maximum Gasteiger partial charge on any atom is 0.191 e. The molecule has 2 unspecified atom stereocenters. The molecule has 2 saturated heterocycles. The summed E-state index contributed by atoms with van der Waals surface area (Å²) in [5.74, 6) is 0.813. The number of nitrogens with zero attached hydrogens (tertiary/aromatic N) is 3. The lowest BCUT2D eigenvalue weighted by Gasteiger charge is -2.28. The van der Waals surface area contributed by atoms with E-state index in [0.717, 1.165) is 25.1 Å². The summed E-state index contributed by atoms with van der Waals surface area (Å²) in [4.78, 5) is 9.72. The summed E-state index contributed by atoms with van der Waals surface area (Å²) in [5.41, 5.74) is 6.28. The van der Waals surface area contributed by atoms with Crippen molar-refractivity contribution >= 4 is 5.96 Å². The predicted octanol–water partition coefficient (Wildman–Crippen LogP) is 1.80. The summed E-state index contributed by atoms with van der Waals surface area (Å²) in [5, 5.41) is 0. The smallest absolute Gasteiger partial charge is 0.191 e. The number of nitrogens with two attached hydrogens (primary N) is 1. The molecule has 2 bridgehead atoms. The molecule has 2 N–H and O–H groups in total. The monoisotopic (exact) mass is 264 g/mol. The summed E-state index contributed by atoms with van der Waals surface area (Å²) in [6, 6.07) is 1.96. The molecule has 3 rings (SSSR count). The summed E-state index contributed by atoms with van der Waals surface area (Å²) in [7, 11) is 2.28. The van der Waals surface area contributed by atoms with Gasteiger partial charge in [-0.2, -0.15) is 0 Å². The average Bonchev–Trinajstić information content (AvgIpc) is 2.64. The molecule has 2 atom stereocenters. The van der Waals surface area contributed by atoms with Crippen molar-refractivity contribution in [3.63, 3.8) is 0 Å². The number of likely N-dealkylation sites (tertiary alicyclic amines) is 1. The van der Waals surface area contributed by atoms with E-state index < -0.39 is 0 Å². The highest BCUT2D eigenvalue weighted by molar-refractivity contribution is 5.78. The van der Waals surface area contributed by atoms with E-state index in [1.54, 1.807) is 0 Å². The first kappa shape index (κ1) is 13.2. The molecule has 4 nitrogen and oxygen atoms in total. The van der Waals surface area contributed by atoms with Crippen molar-refractivity contribution in [2.75, 3.05) is 20.1 Å². The van der Waals surface area contributed by atoms with E-state index in [4.69, 9.17) is 10.7 Å². The van der Waals surface area contributed by atoms with Crippen molar-refractivity contribution in [3.8, 4) is 0 Å². The Bertz CT molecular complexity index is 335. The van der Waals surface area contributed by atoms with Gasteiger partial charge in [-0.15, -0.1) is 0 Å². The number of hydrogen-bond acceptors (Lipinski definition) is 2. The summed E-state index contributed by atoms with van der Waals surface area (Å²) < 4.78 is 0. The lowest BCUT2D eigenvalue weighted by molar-refractivity contribution is 0.245. The Balaban J connectivity index is 1.63. The number of guanidine groups is 1. The van der Waals surface area contributed by atoms with E-state index in [0.29, 0.717) is 12.1 Å². The van der Waals surface area contributed by atoms with Crippen LogP contribution in [-0.4, -0.2) is 54.0 Å². The maximum atomic E-state index is 6.28. The molecular formula is C15H28N4. The van der Waals surface area contributed by atoms with E-state index in [9.17, 15) is 0 Å². The van der Waals surface area contributed by atoms with Crippen molar-refractivity contribution in [2.24, 2.45) is 10.7 Å². The first-order valence-corrected chi connectivity index (χ1v) is 8.04. The fourth-order valence-corrected chi connectivity index (χ4v) is 4.00. The second kappa shape index (κ2) is 5.70. The first-order chi connectivity index (χ1) is 9.24. The SMILES string of the molecule is CN1C2CCC1CN(C(N)=NC1CCCCC1)CC2. The van der Waals surface area contributed by atoms with Gasteiger partial charge in [-0.25, -0.2) is 4.99 Å². The van der Waals surface area contributed by atoms with Crippen molar-refractivity contribution in [2.45, 2.75) is 69.5 Å². The van der Waals surface area contributed by atoms with Gasteiger partial charge in [-0.05, 0) is 39.2 Å². The van der Waals surface area contributed by atoms with Gasteiger partial charge in [0.15, 0.2) is 5.96 Å². The number of fused-ring (bicyclic) bond motifs is 2. The van der Waals surface area contributed by atoms with E-state index in [2.05, 4.69) is 16.8 Å². The lowest BCUT2D eigenvalue weighted by atomic mass is 9.96. The van der Waals surface area contributed by atoms with Crippen LogP contribution in [0.4, 0.5) is 0 Å². The second-order valence-electron chi connectivity index (χ2n) is 6.56. The van der Waals surface area contributed by atoms with Crippen LogP contribution in [0.2, 0.25) is 0 Å². The summed E-state index contributed by atoms with van der Waals surface area (Å²) in [6.45, 7) is 2.17. The second-order valence-corrected chi connectivity index (χ2v) is 6.56. The molecule has 2 aliphatic heterocycles. The van der Waals surface area contributed by atoms with Crippen LogP contribution in [0.5, 0.6) is 0 Å². The number of likely N-dealkylation sites (N-methyl/N-ethyl adjacent to an activating group) is 1. The van der Waals surface area contributed by atoms with Gasteiger partial charge in [0.1, 0.15) is 0 Å². The van der Waals surface area contributed by atoms with Crippen LogP contribution >= 0.6 is 0 Å². The Kier molecular flexibility index (Phi) is 3.96. The molecule has 0 aromatic heterocycles. The van der Waals surface area contributed by atoms with E-state index in [1.807, 2.05) is 0 Å². The Morgan fingerprint density at radius 2 is 1.74 bits per heavy atom. The van der Waals surface area contributed by atoms with E-state index in [-0.39, 0.29) is 0 Å². The van der Waals surface area contributed by atoms with E-state index in [1.165, 1.54) is 51.4 Å². The van der Waals surface area contributed by atoms with Crippen LogP contribution < -0.4 is 5.73 Å². The highest BCUT2D eigenvalue weighted by Crippen LogP contribution is 2.28. The van der Waals surface area contributed by atoms with Crippen LogP contribution in [0, 0.1) is 0 Å². The predicted molar refractivity (Wildman–Crippen MR) is 79.3 cm³/mol. The molecule has 1 aliphatic carbocycles. The largest absolute Gasteiger partial charge is 0.370 e. The molecule has 2 heterocycles. The van der Waals surface area contributed by atoms with Gasteiger partial charge in [-0.3, -0.25) is 4.90 Å². The molecule has 0 radical (unpaired) electrons. The third kappa shape index (κ3) is 2.88. The maximum absolute atomic E-state index is 6.28.